The Balaban J connectivity index is 0.00000169. The van der Waals surface area contributed by atoms with E-state index >= 15 is 0 Å². The van der Waals surface area contributed by atoms with Gasteiger partial charge in [0.15, 0.2) is 0 Å². The molecule has 0 aliphatic carbocycles. The van der Waals surface area contributed by atoms with Crippen molar-refractivity contribution in [2.45, 2.75) is 26.7 Å². The van der Waals surface area contributed by atoms with Crippen molar-refractivity contribution in [1.29, 1.82) is 0 Å². The quantitative estimate of drug-likeness (QED) is 0.778. The molecule has 0 bridgehead atoms. The van der Waals surface area contributed by atoms with Gasteiger partial charge >= 0.3 is 5.97 Å². The molecule has 0 spiro atoms. The molecule has 0 saturated heterocycles. The average molecular weight is 195 g/mol. The van der Waals surface area contributed by atoms with E-state index in [1.807, 2.05) is 19.9 Å². The summed E-state index contributed by atoms with van der Waals surface area (Å²) in [4.78, 5) is 10.8. The lowest BCUT2D eigenvalue weighted by molar-refractivity contribution is 0.0695. The second kappa shape index (κ2) is 5.40. The summed E-state index contributed by atoms with van der Waals surface area (Å²) in [5.41, 5.74) is 2.56. The highest BCUT2D eigenvalue weighted by Gasteiger charge is 2.10. The predicted octanol–water partition coefficient (Wildman–Crippen LogP) is 2.67. The van der Waals surface area contributed by atoms with Gasteiger partial charge < -0.3 is 11.3 Å². The summed E-state index contributed by atoms with van der Waals surface area (Å²) in [7, 11) is 0. The lowest BCUT2D eigenvalue weighted by Gasteiger charge is -2.08. The van der Waals surface area contributed by atoms with E-state index in [0.29, 0.717) is 5.56 Å². The first-order valence-corrected chi connectivity index (χ1v) is 4.54. The second-order valence-corrected chi connectivity index (χ2v) is 2.96. The molecule has 1 aromatic carbocycles. The molecule has 0 atom stereocenters. The van der Waals surface area contributed by atoms with Gasteiger partial charge in [-0.1, -0.05) is 26.0 Å². The van der Waals surface area contributed by atoms with Gasteiger partial charge in [0.05, 0.1) is 5.56 Å². The Bertz CT molecular complexity index is 321. The van der Waals surface area contributed by atoms with Crippen molar-refractivity contribution in [2.24, 2.45) is 0 Å². The van der Waals surface area contributed by atoms with Crippen molar-refractivity contribution in [3.8, 4) is 0 Å². The van der Waals surface area contributed by atoms with Crippen LogP contribution in [-0.2, 0) is 12.8 Å². The first kappa shape index (κ1) is 12.7. The fourth-order valence-corrected chi connectivity index (χ4v) is 1.58. The Hall–Kier alpha value is -1.35. The minimum Gasteiger partial charge on any atom is -0.478 e. The van der Waals surface area contributed by atoms with Crippen LogP contribution in [0.25, 0.3) is 0 Å². The summed E-state index contributed by atoms with van der Waals surface area (Å²) in [5.74, 6) is -0.827. The third-order valence-corrected chi connectivity index (χ3v) is 2.24. The molecule has 0 unspecified atom stereocenters. The highest BCUT2D eigenvalue weighted by Crippen LogP contribution is 2.16. The van der Waals surface area contributed by atoms with E-state index in [-0.39, 0.29) is 6.15 Å². The van der Waals surface area contributed by atoms with Gasteiger partial charge in [-0.25, -0.2) is 4.79 Å². The van der Waals surface area contributed by atoms with Crippen LogP contribution >= 0.6 is 0 Å². The number of hydrogen-bond acceptors (Lipinski definition) is 2. The number of benzene rings is 1. The molecule has 0 heterocycles. The Morgan fingerprint density at radius 1 is 1.29 bits per heavy atom. The molecule has 0 aromatic heterocycles. The van der Waals surface area contributed by atoms with Crippen molar-refractivity contribution in [3.05, 3.63) is 34.9 Å². The molecule has 3 heteroatoms. The van der Waals surface area contributed by atoms with Crippen LogP contribution in [0.4, 0.5) is 0 Å². The van der Waals surface area contributed by atoms with Gasteiger partial charge in [-0.05, 0) is 30.0 Å². The molecule has 0 radical (unpaired) electrons. The average Bonchev–Trinajstić information content (AvgIpc) is 2.16. The molecule has 0 saturated carbocycles. The summed E-state index contributed by atoms with van der Waals surface area (Å²) in [6.45, 7) is 4.03. The van der Waals surface area contributed by atoms with Gasteiger partial charge in [0, 0.05) is 0 Å². The van der Waals surface area contributed by atoms with Crippen molar-refractivity contribution in [1.82, 2.24) is 6.15 Å². The fraction of sp³-hybridized carbons (Fsp3) is 0.364. The van der Waals surface area contributed by atoms with E-state index in [1.165, 1.54) is 0 Å². The Kier molecular flexibility index (Phi) is 4.87. The van der Waals surface area contributed by atoms with Gasteiger partial charge in [-0.3, -0.25) is 0 Å². The Labute approximate surface area is 84.3 Å². The maximum absolute atomic E-state index is 10.8. The van der Waals surface area contributed by atoms with Crippen molar-refractivity contribution in [3.63, 3.8) is 0 Å². The van der Waals surface area contributed by atoms with Crippen LogP contribution in [0.15, 0.2) is 18.2 Å². The minimum atomic E-state index is -0.827. The SMILES string of the molecule is CCc1cccc(C(=O)O)c1CC.N. The zero-order chi connectivity index (χ0) is 9.84. The molecule has 4 N–H and O–H groups in total. The lowest BCUT2D eigenvalue weighted by Crippen LogP contribution is -2.04. The molecule has 3 nitrogen and oxygen atoms in total. The summed E-state index contributed by atoms with van der Waals surface area (Å²) >= 11 is 0. The number of rotatable bonds is 3. The molecule has 0 aliphatic heterocycles. The predicted molar refractivity (Wildman–Crippen MR) is 57.2 cm³/mol. The van der Waals surface area contributed by atoms with Gasteiger partial charge in [0.25, 0.3) is 0 Å². The summed E-state index contributed by atoms with van der Waals surface area (Å²) < 4.78 is 0. The van der Waals surface area contributed by atoms with Crippen molar-refractivity contribution >= 4 is 5.97 Å². The van der Waals surface area contributed by atoms with Crippen LogP contribution in [0.2, 0.25) is 0 Å². The maximum Gasteiger partial charge on any atom is 0.335 e. The van der Waals surface area contributed by atoms with E-state index in [1.54, 1.807) is 12.1 Å². The van der Waals surface area contributed by atoms with Crippen LogP contribution in [0.1, 0.15) is 35.3 Å². The maximum atomic E-state index is 10.8. The smallest absolute Gasteiger partial charge is 0.335 e. The lowest BCUT2D eigenvalue weighted by atomic mass is 9.97. The summed E-state index contributed by atoms with van der Waals surface area (Å²) in [6, 6.07) is 5.47. The molecule has 1 rings (SSSR count). The molecule has 0 fully saturated rings. The highest BCUT2D eigenvalue weighted by molar-refractivity contribution is 5.89. The highest BCUT2D eigenvalue weighted by atomic mass is 16.4. The van der Waals surface area contributed by atoms with Gasteiger partial charge in [-0.2, -0.15) is 0 Å². The van der Waals surface area contributed by atoms with E-state index in [2.05, 4.69) is 0 Å². The third-order valence-electron chi connectivity index (χ3n) is 2.24. The van der Waals surface area contributed by atoms with E-state index < -0.39 is 5.97 Å². The topological polar surface area (TPSA) is 72.3 Å². The van der Waals surface area contributed by atoms with Crippen molar-refractivity contribution < 1.29 is 9.90 Å². The number of hydrogen-bond donors (Lipinski definition) is 2. The molecular weight excluding hydrogens is 178 g/mol. The molecule has 14 heavy (non-hydrogen) atoms. The number of carbonyl (C=O) groups is 1. The van der Waals surface area contributed by atoms with E-state index in [4.69, 9.17) is 5.11 Å². The Morgan fingerprint density at radius 2 is 1.93 bits per heavy atom. The second-order valence-electron chi connectivity index (χ2n) is 2.96. The van der Waals surface area contributed by atoms with Crippen LogP contribution in [0, 0.1) is 0 Å². The van der Waals surface area contributed by atoms with Crippen LogP contribution in [-0.4, -0.2) is 11.1 Å². The monoisotopic (exact) mass is 195 g/mol. The summed E-state index contributed by atoms with van der Waals surface area (Å²) in [5, 5.41) is 8.92. The first-order valence-electron chi connectivity index (χ1n) is 4.54. The standard InChI is InChI=1S/C11H14O2.H3N/c1-3-8-6-5-7-10(11(12)13)9(8)4-2;/h5-7H,3-4H2,1-2H3,(H,12,13);1H3. The van der Waals surface area contributed by atoms with Gasteiger partial charge in [0.2, 0.25) is 0 Å². The number of aromatic carboxylic acids is 1. The number of aryl methyl sites for hydroxylation is 1. The molecule has 78 valence electrons. The molecule has 0 amide bonds. The molecule has 1 aromatic rings. The van der Waals surface area contributed by atoms with Gasteiger partial charge in [0.1, 0.15) is 0 Å². The van der Waals surface area contributed by atoms with E-state index in [9.17, 15) is 4.79 Å². The number of carboxylic acid groups (broad SMARTS) is 1. The minimum absolute atomic E-state index is 0. The zero-order valence-electron chi connectivity index (χ0n) is 8.71. The van der Waals surface area contributed by atoms with E-state index in [0.717, 1.165) is 24.0 Å². The van der Waals surface area contributed by atoms with Crippen LogP contribution < -0.4 is 6.15 Å². The van der Waals surface area contributed by atoms with Crippen molar-refractivity contribution in [2.75, 3.05) is 0 Å². The number of carboxylic acids is 1. The van der Waals surface area contributed by atoms with Crippen LogP contribution in [0.3, 0.4) is 0 Å². The summed E-state index contributed by atoms with van der Waals surface area (Å²) in [6.07, 6.45) is 1.68. The largest absolute Gasteiger partial charge is 0.478 e. The van der Waals surface area contributed by atoms with Crippen LogP contribution in [0.5, 0.6) is 0 Å². The molecular formula is C11H17NO2. The fourth-order valence-electron chi connectivity index (χ4n) is 1.58. The first-order chi connectivity index (χ1) is 6.20. The van der Waals surface area contributed by atoms with Gasteiger partial charge in [-0.15, -0.1) is 0 Å². The molecule has 0 aliphatic rings. The Morgan fingerprint density at radius 3 is 2.36 bits per heavy atom. The normalized spacial score (nSPS) is 9.29. The zero-order valence-corrected chi connectivity index (χ0v) is 8.71. The third kappa shape index (κ3) is 2.33.